The zero-order chi connectivity index (χ0) is 8.39. The number of rotatable bonds is 0. The quantitative estimate of drug-likeness (QED) is 0.587. The minimum Gasteiger partial charge on any atom is -0.324 e. The van der Waals surface area contributed by atoms with Gasteiger partial charge < -0.3 is 5.73 Å². The van der Waals surface area contributed by atoms with Crippen LogP contribution in [0.2, 0.25) is 0 Å². The Morgan fingerprint density at radius 1 is 1.50 bits per heavy atom. The van der Waals surface area contributed by atoms with E-state index in [-0.39, 0.29) is 6.04 Å². The highest BCUT2D eigenvalue weighted by Crippen LogP contribution is 2.25. The van der Waals surface area contributed by atoms with Crippen molar-refractivity contribution >= 4 is 0 Å². The first-order chi connectivity index (χ1) is 5.88. The first-order valence-corrected chi connectivity index (χ1v) is 4.48. The van der Waals surface area contributed by atoms with Gasteiger partial charge in [-0.3, -0.25) is 4.98 Å². The van der Waals surface area contributed by atoms with Gasteiger partial charge in [0.05, 0.1) is 6.20 Å². The normalized spacial score (nSPS) is 22.9. The van der Waals surface area contributed by atoms with E-state index in [0.29, 0.717) is 0 Å². The van der Waals surface area contributed by atoms with Crippen LogP contribution in [0.25, 0.3) is 0 Å². The second-order valence-corrected chi connectivity index (χ2v) is 3.36. The van der Waals surface area contributed by atoms with E-state index < -0.39 is 0 Å². The molecule has 2 heteroatoms. The number of pyridine rings is 1. The molecule has 2 N–H and O–H groups in total. The van der Waals surface area contributed by atoms with E-state index in [1.807, 2.05) is 12.3 Å². The summed E-state index contributed by atoms with van der Waals surface area (Å²) in [7, 11) is 0. The molecule has 1 heterocycles. The molecule has 1 radical (unpaired) electrons. The molecule has 2 nitrogen and oxygen atoms in total. The summed E-state index contributed by atoms with van der Waals surface area (Å²) in [5.41, 5.74) is 8.56. The summed E-state index contributed by atoms with van der Waals surface area (Å²) in [5, 5.41) is 0. The van der Waals surface area contributed by atoms with Crippen LogP contribution in [-0.4, -0.2) is 4.98 Å². The zero-order valence-corrected chi connectivity index (χ0v) is 7.09. The fourth-order valence-corrected chi connectivity index (χ4v) is 1.77. The van der Waals surface area contributed by atoms with Crippen LogP contribution in [-0.2, 0) is 6.42 Å². The molecule has 0 amide bonds. The molecule has 12 heavy (non-hydrogen) atoms. The monoisotopic (exact) mass is 161 g/mol. The van der Waals surface area contributed by atoms with E-state index in [1.165, 1.54) is 24.0 Å². The summed E-state index contributed by atoms with van der Waals surface area (Å²) < 4.78 is 0. The predicted octanol–water partition coefficient (Wildman–Crippen LogP) is 1.61. The molecule has 0 saturated heterocycles. The molecule has 1 aromatic heterocycles. The van der Waals surface area contributed by atoms with E-state index in [1.54, 1.807) is 0 Å². The van der Waals surface area contributed by atoms with Crippen molar-refractivity contribution in [3.05, 3.63) is 29.6 Å². The maximum Gasteiger partial charge on any atom is 0.0889 e. The van der Waals surface area contributed by atoms with Gasteiger partial charge in [-0.05, 0) is 36.5 Å². The molecule has 2 rings (SSSR count). The Labute approximate surface area is 72.8 Å². The van der Waals surface area contributed by atoms with E-state index in [9.17, 15) is 0 Å². The second-order valence-electron chi connectivity index (χ2n) is 3.36. The summed E-state index contributed by atoms with van der Waals surface area (Å²) >= 11 is 0. The van der Waals surface area contributed by atoms with Crippen molar-refractivity contribution in [2.45, 2.75) is 31.7 Å². The van der Waals surface area contributed by atoms with Gasteiger partial charge in [-0.15, -0.1) is 0 Å². The summed E-state index contributed by atoms with van der Waals surface area (Å²) in [4.78, 5) is 3.99. The third-order valence-corrected chi connectivity index (χ3v) is 2.50. The maximum atomic E-state index is 5.99. The Bertz CT molecular complexity index is 270. The number of fused-ring (bicyclic) bond motifs is 1. The van der Waals surface area contributed by atoms with Gasteiger partial charge in [0, 0.05) is 12.2 Å². The van der Waals surface area contributed by atoms with Crippen LogP contribution in [0, 0.1) is 6.20 Å². The lowest BCUT2D eigenvalue weighted by Gasteiger charge is -2.10. The number of hydrogen-bond acceptors (Lipinski definition) is 2. The summed E-state index contributed by atoms with van der Waals surface area (Å²) in [6.45, 7) is 0. The smallest absolute Gasteiger partial charge is 0.0889 e. The van der Waals surface area contributed by atoms with Crippen LogP contribution >= 0.6 is 0 Å². The molecule has 0 saturated carbocycles. The first kappa shape index (κ1) is 7.74. The van der Waals surface area contributed by atoms with Crippen molar-refractivity contribution in [3.8, 4) is 0 Å². The highest BCUT2D eigenvalue weighted by atomic mass is 14.7. The Morgan fingerprint density at radius 3 is 3.33 bits per heavy atom. The molecule has 1 atom stereocenters. The topological polar surface area (TPSA) is 38.9 Å². The highest BCUT2D eigenvalue weighted by Gasteiger charge is 2.14. The van der Waals surface area contributed by atoms with Gasteiger partial charge in [0.15, 0.2) is 0 Å². The molecule has 1 aliphatic carbocycles. The van der Waals surface area contributed by atoms with Crippen LogP contribution in [0.3, 0.4) is 0 Å². The van der Waals surface area contributed by atoms with Gasteiger partial charge in [0.25, 0.3) is 0 Å². The van der Waals surface area contributed by atoms with Gasteiger partial charge in [-0.1, -0.05) is 6.42 Å². The fourth-order valence-electron chi connectivity index (χ4n) is 1.77. The molecule has 63 valence electrons. The summed E-state index contributed by atoms with van der Waals surface area (Å²) in [5.74, 6) is 0. The number of aryl methyl sites for hydroxylation is 1. The minimum absolute atomic E-state index is 0.199. The van der Waals surface area contributed by atoms with Crippen LogP contribution < -0.4 is 5.73 Å². The summed E-state index contributed by atoms with van der Waals surface area (Å²) in [6, 6.07) is 2.17. The lowest BCUT2D eigenvalue weighted by molar-refractivity contribution is 0.614. The van der Waals surface area contributed by atoms with Gasteiger partial charge in [0.1, 0.15) is 0 Å². The van der Waals surface area contributed by atoms with Crippen molar-refractivity contribution < 1.29 is 0 Å². The van der Waals surface area contributed by atoms with E-state index in [2.05, 4.69) is 11.2 Å². The highest BCUT2D eigenvalue weighted by molar-refractivity contribution is 5.26. The standard InChI is InChI=1S/C10H13N2/c11-10-4-2-1-3-8-5-6-12-7-9(8)10/h5,7,10H,1-4,11H2. The van der Waals surface area contributed by atoms with Crippen LogP contribution in [0.15, 0.2) is 12.3 Å². The molecular formula is C10H13N2. The van der Waals surface area contributed by atoms with Crippen molar-refractivity contribution in [1.82, 2.24) is 4.98 Å². The molecule has 0 spiro atoms. The predicted molar refractivity (Wildman–Crippen MR) is 47.6 cm³/mol. The van der Waals surface area contributed by atoms with Crippen LogP contribution in [0.4, 0.5) is 0 Å². The molecule has 0 aromatic carbocycles. The number of hydrogen-bond donors (Lipinski definition) is 1. The van der Waals surface area contributed by atoms with E-state index in [4.69, 9.17) is 5.73 Å². The molecule has 0 fully saturated rings. The Morgan fingerprint density at radius 2 is 2.42 bits per heavy atom. The van der Waals surface area contributed by atoms with Crippen molar-refractivity contribution in [2.75, 3.05) is 0 Å². The molecule has 0 aliphatic heterocycles. The zero-order valence-electron chi connectivity index (χ0n) is 7.09. The van der Waals surface area contributed by atoms with E-state index >= 15 is 0 Å². The van der Waals surface area contributed by atoms with Gasteiger partial charge in [-0.25, -0.2) is 0 Å². The molecular weight excluding hydrogens is 148 g/mol. The molecule has 1 aromatic rings. The first-order valence-electron chi connectivity index (χ1n) is 4.48. The van der Waals surface area contributed by atoms with E-state index in [0.717, 1.165) is 12.8 Å². The van der Waals surface area contributed by atoms with Crippen molar-refractivity contribution in [1.29, 1.82) is 0 Å². The fraction of sp³-hybridized carbons (Fsp3) is 0.500. The van der Waals surface area contributed by atoms with Gasteiger partial charge in [0.2, 0.25) is 0 Å². The van der Waals surface area contributed by atoms with Crippen molar-refractivity contribution in [2.24, 2.45) is 5.73 Å². The summed E-state index contributed by atoms with van der Waals surface area (Å²) in [6.07, 6.45) is 9.45. The van der Waals surface area contributed by atoms with Gasteiger partial charge in [-0.2, -0.15) is 0 Å². The lowest BCUT2D eigenvalue weighted by atomic mass is 10.0. The molecule has 1 aliphatic rings. The molecule has 1 unspecified atom stereocenters. The molecule has 0 bridgehead atoms. The van der Waals surface area contributed by atoms with Crippen LogP contribution in [0.5, 0.6) is 0 Å². The Hall–Kier alpha value is -0.890. The maximum absolute atomic E-state index is 5.99. The minimum atomic E-state index is 0.199. The average Bonchev–Trinajstić information content (AvgIpc) is 2.29. The Balaban J connectivity index is 2.39. The van der Waals surface area contributed by atoms with Crippen molar-refractivity contribution in [3.63, 3.8) is 0 Å². The van der Waals surface area contributed by atoms with Crippen LogP contribution in [0.1, 0.15) is 36.4 Å². The number of nitrogens with two attached hydrogens (primary N) is 1. The third kappa shape index (κ3) is 1.34. The lowest BCUT2D eigenvalue weighted by Crippen LogP contribution is -2.10. The Kier molecular flexibility index (Phi) is 2.09. The SMILES string of the molecule is NC1CCCCc2c[c]ncc21. The largest absolute Gasteiger partial charge is 0.324 e. The van der Waals surface area contributed by atoms with Gasteiger partial charge >= 0.3 is 0 Å². The third-order valence-electron chi connectivity index (χ3n) is 2.50. The average molecular weight is 161 g/mol. The number of nitrogens with zero attached hydrogens (tertiary/aromatic N) is 1. The second kappa shape index (κ2) is 3.23. The number of aromatic nitrogens is 1.